The molecular weight excluding hydrogens is 242 g/mol. The lowest BCUT2D eigenvalue weighted by Gasteiger charge is -2.11. The molecule has 1 N–H and O–H groups in total. The fourth-order valence-electron chi connectivity index (χ4n) is 1.92. The van der Waals surface area contributed by atoms with Crippen molar-refractivity contribution in [3.05, 3.63) is 64.7 Å². The highest BCUT2D eigenvalue weighted by Gasteiger charge is 2.01. The molecule has 0 saturated heterocycles. The highest BCUT2D eigenvalue weighted by Crippen LogP contribution is 2.18. The van der Waals surface area contributed by atoms with Crippen LogP contribution in [0.15, 0.2) is 42.5 Å². The number of rotatable bonds is 4. The summed E-state index contributed by atoms with van der Waals surface area (Å²) < 4.78 is 0. The second-order valence-corrected chi connectivity index (χ2v) is 4.83. The topological polar surface area (TPSA) is 12.0 Å². The molecule has 0 spiro atoms. The van der Waals surface area contributed by atoms with Crippen LogP contribution in [-0.2, 0) is 12.4 Å². The fraction of sp³-hybridized carbons (Fsp3) is 0.250. The summed E-state index contributed by atoms with van der Waals surface area (Å²) in [5.74, 6) is 0.538. The first kappa shape index (κ1) is 13.0. The molecule has 0 saturated carbocycles. The van der Waals surface area contributed by atoms with Gasteiger partial charge in [-0.05, 0) is 42.2 Å². The Kier molecular flexibility index (Phi) is 4.27. The standard InChI is InChI=1S/C16H18ClN/c1-12-7-8-14(9-13(12)2)11-18-16-6-4-3-5-15(16)10-17/h3-9,18H,10-11H2,1-2H3. The molecule has 2 heteroatoms. The molecule has 2 aromatic rings. The van der Waals surface area contributed by atoms with E-state index < -0.39 is 0 Å². The van der Waals surface area contributed by atoms with Crippen LogP contribution in [0.3, 0.4) is 0 Å². The number of aryl methyl sites for hydroxylation is 2. The average Bonchev–Trinajstić information content (AvgIpc) is 2.40. The van der Waals surface area contributed by atoms with E-state index in [0.29, 0.717) is 5.88 Å². The minimum absolute atomic E-state index is 0.538. The van der Waals surface area contributed by atoms with Crippen LogP contribution in [0.1, 0.15) is 22.3 Å². The van der Waals surface area contributed by atoms with Crippen molar-refractivity contribution in [2.24, 2.45) is 0 Å². The lowest BCUT2D eigenvalue weighted by molar-refractivity contribution is 1.12. The summed E-state index contributed by atoms with van der Waals surface area (Å²) in [6, 6.07) is 14.7. The second-order valence-electron chi connectivity index (χ2n) is 4.56. The van der Waals surface area contributed by atoms with Gasteiger partial charge in [0, 0.05) is 18.1 Å². The Balaban J connectivity index is 2.09. The van der Waals surface area contributed by atoms with Crippen LogP contribution >= 0.6 is 11.6 Å². The SMILES string of the molecule is Cc1ccc(CNc2ccccc2CCl)cc1C. The maximum atomic E-state index is 5.92. The van der Waals surface area contributed by atoms with E-state index in [1.165, 1.54) is 16.7 Å². The van der Waals surface area contributed by atoms with Crippen LogP contribution in [0.4, 0.5) is 5.69 Å². The maximum Gasteiger partial charge on any atom is 0.0494 e. The molecule has 2 rings (SSSR count). The molecule has 0 unspecified atom stereocenters. The van der Waals surface area contributed by atoms with Crippen LogP contribution in [-0.4, -0.2) is 0 Å². The van der Waals surface area contributed by atoms with E-state index >= 15 is 0 Å². The summed E-state index contributed by atoms with van der Waals surface area (Å²) in [7, 11) is 0. The van der Waals surface area contributed by atoms with Gasteiger partial charge >= 0.3 is 0 Å². The van der Waals surface area contributed by atoms with Gasteiger partial charge in [0.15, 0.2) is 0 Å². The van der Waals surface area contributed by atoms with Crippen LogP contribution in [0.2, 0.25) is 0 Å². The van der Waals surface area contributed by atoms with Crippen molar-refractivity contribution in [3.8, 4) is 0 Å². The molecule has 0 bridgehead atoms. The van der Waals surface area contributed by atoms with Gasteiger partial charge in [-0.2, -0.15) is 0 Å². The third-order valence-electron chi connectivity index (χ3n) is 3.22. The molecule has 18 heavy (non-hydrogen) atoms. The van der Waals surface area contributed by atoms with Gasteiger partial charge in [0.25, 0.3) is 0 Å². The highest BCUT2D eigenvalue weighted by molar-refractivity contribution is 6.17. The molecule has 0 aliphatic carbocycles. The molecule has 0 amide bonds. The fourth-order valence-corrected chi connectivity index (χ4v) is 2.15. The first-order valence-electron chi connectivity index (χ1n) is 6.14. The zero-order valence-corrected chi connectivity index (χ0v) is 11.6. The van der Waals surface area contributed by atoms with Crippen molar-refractivity contribution in [1.29, 1.82) is 0 Å². The van der Waals surface area contributed by atoms with Crippen LogP contribution in [0.5, 0.6) is 0 Å². The van der Waals surface area contributed by atoms with Crippen molar-refractivity contribution in [1.82, 2.24) is 0 Å². The molecule has 1 nitrogen and oxygen atoms in total. The largest absolute Gasteiger partial charge is 0.381 e. The quantitative estimate of drug-likeness (QED) is 0.788. The monoisotopic (exact) mass is 259 g/mol. The Labute approximate surface area is 114 Å². The average molecular weight is 260 g/mol. The lowest BCUT2D eigenvalue weighted by Crippen LogP contribution is -2.02. The minimum Gasteiger partial charge on any atom is -0.381 e. The predicted molar refractivity (Wildman–Crippen MR) is 79.2 cm³/mol. The minimum atomic E-state index is 0.538. The van der Waals surface area contributed by atoms with Gasteiger partial charge in [0.05, 0.1) is 0 Å². The first-order valence-corrected chi connectivity index (χ1v) is 6.68. The Bertz CT molecular complexity index is 534. The van der Waals surface area contributed by atoms with E-state index in [0.717, 1.165) is 17.8 Å². The Hall–Kier alpha value is -1.47. The molecule has 2 aromatic carbocycles. The summed E-state index contributed by atoms with van der Waals surface area (Å²) in [5, 5.41) is 3.44. The van der Waals surface area contributed by atoms with E-state index in [4.69, 9.17) is 11.6 Å². The van der Waals surface area contributed by atoms with E-state index in [1.807, 2.05) is 12.1 Å². The highest BCUT2D eigenvalue weighted by atomic mass is 35.5. The lowest BCUT2D eigenvalue weighted by atomic mass is 10.1. The number of hydrogen-bond donors (Lipinski definition) is 1. The summed E-state index contributed by atoms with van der Waals surface area (Å²) in [5.41, 5.74) is 6.22. The van der Waals surface area contributed by atoms with Gasteiger partial charge in [-0.3, -0.25) is 0 Å². The Morgan fingerprint density at radius 2 is 1.78 bits per heavy atom. The molecule has 0 aliphatic rings. The molecule has 0 heterocycles. The number of anilines is 1. The van der Waals surface area contributed by atoms with Crippen molar-refractivity contribution in [2.45, 2.75) is 26.3 Å². The van der Waals surface area contributed by atoms with Crippen LogP contribution in [0.25, 0.3) is 0 Å². The normalized spacial score (nSPS) is 10.4. The third kappa shape index (κ3) is 3.05. The van der Waals surface area contributed by atoms with Gasteiger partial charge < -0.3 is 5.32 Å². The van der Waals surface area contributed by atoms with E-state index in [2.05, 4.69) is 49.5 Å². The zero-order valence-electron chi connectivity index (χ0n) is 10.8. The number of para-hydroxylation sites is 1. The van der Waals surface area contributed by atoms with Crippen molar-refractivity contribution < 1.29 is 0 Å². The van der Waals surface area contributed by atoms with Gasteiger partial charge in [0.1, 0.15) is 0 Å². The van der Waals surface area contributed by atoms with Gasteiger partial charge in [-0.15, -0.1) is 11.6 Å². The summed E-state index contributed by atoms with van der Waals surface area (Å²) in [6.45, 7) is 5.11. The number of halogens is 1. The first-order chi connectivity index (χ1) is 8.70. The van der Waals surface area contributed by atoms with Crippen molar-refractivity contribution in [3.63, 3.8) is 0 Å². The molecule has 0 fully saturated rings. The molecular formula is C16H18ClN. The number of benzene rings is 2. The van der Waals surface area contributed by atoms with Gasteiger partial charge in [0.2, 0.25) is 0 Å². The maximum absolute atomic E-state index is 5.92. The van der Waals surface area contributed by atoms with Gasteiger partial charge in [-0.1, -0.05) is 36.4 Å². The predicted octanol–water partition coefficient (Wildman–Crippen LogP) is 4.65. The number of nitrogens with one attached hydrogen (secondary N) is 1. The van der Waals surface area contributed by atoms with Crippen molar-refractivity contribution in [2.75, 3.05) is 5.32 Å². The second kappa shape index (κ2) is 5.92. The van der Waals surface area contributed by atoms with Crippen molar-refractivity contribution >= 4 is 17.3 Å². The number of hydrogen-bond acceptors (Lipinski definition) is 1. The van der Waals surface area contributed by atoms with E-state index in [1.54, 1.807) is 0 Å². The van der Waals surface area contributed by atoms with Crippen LogP contribution in [0, 0.1) is 13.8 Å². The van der Waals surface area contributed by atoms with E-state index in [9.17, 15) is 0 Å². The Morgan fingerprint density at radius 3 is 2.50 bits per heavy atom. The molecule has 0 radical (unpaired) electrons. The number of alkyl halides is 1. The van der Waals surface area contributed by atoms with Gasteiger partial charge in [-0.25, -0.2) is 0 Å². The molecule has 0 aliphatic heterocycles. The zero-order chi connectivity index (χ0) is 13.0. The molecule has 0 aromatic heterocycles. The van der Waals surface area contributed by atoms with E-state index in [-0.39, 0.29) is 0 Å². The van der Waals surface area contributed by atoms with Crippen LogP contribution < -0.4 is 5.32 Å². The Morgan fingerprint density at radius 1 is 1.00 bits per heavy atom. The summed E-state index contributed by atoms with van der Waals surface area (Å²) in [6.07, 6.45) is 0. The smallest absolute Gasteiger partial charge is 0.0494 e. The summed E-state index contributed by atoms with van der Waals surface area (Å²) >= 11 is 5.92. The summed E-state index contributed by atoms with van der Waals surface area (Å²) in [4.78, 5) is 0. The molecule has 94 valence electrons. The third-order valence-corrected chi connectivity index (χ3v) is 3.50. The molecule has 0 atom stereocenters.